The van der Waals surface area contributed by atoms with E-state index in [0.717, 1.165) is 9.50 Å². The van der Waals surface area contributed by atoms with Gasteiger partial charge in [0.25, 0.3) is 0 Å². The van der Waals surface area contributed by atoms with E-state index in [1.165, 1.54) is 30.6 Å². The van der Waals surface area contributed by atoms with Crippen LogP contribution in [0.4, 0.5) is 0 Å². The molecule has 0 saturated heterocycles. The van der Waals surface area contributed by atoms with E-state index >= 15 is 0 Å². The maximum Gasteiger partial charge on any atom is 0.110 e. The lowest BCUT2D eigenvalue weighted by molar-refractivity contribution is 0.778. The first-order valence-corrected chi connectivity index (χ1v) is 6.77. The summed E-state index contributed by atoms with van der Waals surface area (Å²) in [7, 11) is 0. The zero-order valence-corrected chi connectivity index (χ0v) is 11.1. The lowest BCUT2D eigenvalue weighted by Crippen LogP contribution is -1.87. The van der Waals surface area contributed by atoms with Crippen LogP contribution in [0.3, 0.4) is 0 Å². The topological polar surface area (TPSA) is 12.9 Å². The number of rotatable bonds is 5. The Morgan fingerprint density at radius 3 is 2.93 bits per heavy atom. The van der Waals surface area contributed by atoms with Crippen molar-refractivity contribution in [3.8, 4) is 0 Å². The molecule has 1 nitrogen and oxygen atoms in total. The molecule has 0 N–H and O–H groups in total. The maximum absolute atomic E-state index is 4.35. The number of thioether (sulfide) groups is 1. The second-order valence-electron chi connectivity index (χ2n) is 3.30. The molecular weight excluding hydrogens is 258 g/mol. The quantitative estimate of drug-likeness (QED) is 0.581. The summed E-state index contributed by atoms with van der Waals surface area (Å²) in [6.45, 7) is 4.33. The second-order valence-corrected chi connectivity index (χ2v) is 5.18. The fraction of sp³-hybridized carbons (Fsp3) is 0.545. The van der Waals surface area contributed by atoms with Crippen molar-refractivity contribution >= 4 is 27.7 Å². The van der Waals surface area contributed by atoms with E-state index in [1.54, 1.807) is 0 Å². The largest absolute Gasteiger partial charge is 0.249 e. The summed E-state index contributed by atoms with van der Waals surface area (Å²) in [5, 5.41) is 1.13. The molecule has 1 aromatic heterocycles. The van der Waals surface area contributed by atoms with Crippen molar-refractivity contribution in [3.63, 3.8) is 0 Å². The maximum atomic E-state index is 4.35. The Balaban J connectivity index is 2.46. The highest BCUT2D eigenvalue weighted by molar-refractivity contribution is 9.10. The molecule has 78 valence electrons. The third kappa shape index (κ3) is 3.62. The normalized spacial score (nSPS) is 10.5. The number of nitrogens with zero attached hydrogens (tertiary/aromatic N) is 1. The van der Waals surface area contributed by atoms with Gasteiger partial charge in [0.1, 0.15) is 5.03 Å². The standard InChI is InChI=1S/C11H16BrNS/c1-3-4-5-8-14-11-10(12)9(2)6-7-13-11/h6-7H,3-5,8H2,1-2H3. The van der Waals surface area contributed by atoms with Gasteiger partial charge in [-0.2, -0.15) is 0 Å². The third-order valence-corrected chi connectivity index (χ3v) is 4.38. The van der Waals surface area contributed by atoms with Crippen LogP contribution >= 0.6 is 27.7 Å². The second kappa shape index (κ2) is 6.46. The Kier molecular flexibility index (Phi) is 5.56. The van der Waals surface area contributed by atoms with Gasteiger partial charge in [-0.1, -0.05) is 19.8 Å². The molecule has 14 heavy (non-hydrogen) atoms. The van der Waals surface area contributed by atoms with Crippen LogP contribution in [-0.2, 0) is 0 Å². The molecule has 0 aromatic carbocycles. The van der Waals surface area contributed by atoms with Crippen molar-refractivity contribution in [1.29, 1.82) is 0 Å². The number of halogens is 1. The zero-order valence-electron chi connectivity index (χ0n) is 8.72. The van der Waals surface area contributed by atoms with Gasteiger partial charge in [0.2, 0.25) is 0 Å². The van der Waals surface area contributed by atoms with Gasteiger partial charge in [0.05, 0.1) is 4.47 Å². The Bertz CT molecular complexity index is 289. The van der Waals surface area contributed by atoms with Crippen molar-refractivity contribution in [2.24, 2.45) is 0 Å². The molecule has 1 aromatic rings. The minimum atomic E-state index is 1.13. The van der Waals surface area contributed by atoms with E-state index in [1.807, 2.05) is 24.0 Å². The number of hydrogen-bond acceptors (Lipinski definition) is 2. The van der Waals surface area contributed by atoms with E-state index in [4.69, 9.17) is 0 Å². The summed E-state index contributed by atoms with van der Waals surface area (Å²) in [4.78, 5) is 4.35. The van der Waals surface area contributed by atoms with Crippen LogP contribution in [0.15, 0.2) is 21.8 Å². The Hall–Kier alpha value is -0.0200. The van der Waals surface area contributed by atoms with Gasteiger partial charge in [-0.15, -0.1) is 11.8 Å². The minimum Gasteiger partial charge on any atom is -0.249 e. The lowest BCUT2D eigenvalue weighted by atomic mass is 10.3. The number of pyridine rings is 1. The van der Waals surface area contributed by atoms with Crippen molar-refractivity contribution in [2.45, 2.75) is 38.1 Å². The van der Waals surface area contributed by atoms with Crippen LogP contribution in [0.25, 0.3) is 0 Å². The number of unbranched alkanes of at least 4 members (excludes halogenated alkanes) is 2. The number of hydrogen-bond donors (Lipinski definition) is 0. The molecule has 0 aliphatic carbocycles. The summed E-state index contributed by atoms with van der Waals surface area (Å²) in [5.74, 6) is 1.17. The van der Waals surface area contributed by atoms with Crippen molar-refractivity contribution in [3.05, 3.63) is 22.3 Å². The lowest BCUT2D eigenvalue weighted by Gasteiger charge is -2.04. The zero-order chi connectivity index (χ0) is 10.4. The van der Waals surface area contributed by atoms with Crippen LogP contribution in [0.2, 0.25) is 0 Å². The van der Waals surface area contributed by atoms with Gasteiger partial charge < -0.3 is 0 Å². The predicted octanol–water partition coefficient (Wildman–Crippen LogP) is 4.43. The molecule has 0 fully saturated rings. The van der Waals surface area contributed by atoms with Gasteiger partial charge in [-0.05, 0) is 46.7 Å². The predicted molar refractivity (Wildman–Crippen MR) is 66.9 cm³/mol. The van der Waals surface area contributed by atoms with Gasteiger partial charge in [-0.25, -0.2) is 4.98 Å². The van der Waals surface area contributed by atoms with Crippen LogP contribution in [-0.4, -0.2) is 10.7 Å². The van der Waals surface area contributed by atoms with E-state index in [2.05, 4.69) is 34.8 Å². The first kappa shape index (κ1) is 12.1. The average Bonchev–Trinajstić information content (AvgIpc) is 2.19. The van der Waals surface area contributed by atoms with Crippen LogP contribution in [0.5, 0.6) is 0 Å². The fourth-order valence-corrected chi connectivity index (χ4v) is 2.68. The molecule has 0 atom stereocenters. The molecule has 0 amide bonds. The van der Waals surface area contributed by atoms with Gasteiger partial charge in [-0.3, -0.25) is 0 Å². The Morgan fingerprint density at radius 1 is 1.43 bits per heavy atom. The van der Waals surface area contributed by atoms with E-state index in [-0.39, 0.29) is 0 Å². The molecular formula is C11H16BrNS. The van der Waals surface area contributed by atoms with Gasteiger partial charge >= 0.3 is 0 Å². The monoisotopic (exact) mass is 273 g/mol. The molecule has 1 rings (SSSR count). The highest BCUT2D eigenvalue weighted by Gasteiger charge is 2.03. The van der Waals surface area contributed by atoms with Crippen molar-refractivity contribution < 1.29 is 0 Å². The molecule has 0 aliphatic rings. The third-order valence-electron chi connectivity index (χ3n) is 2.04. The van der Waals surface area contributed by atoms with Crippen LogP contribution in [0.1, 0.15) is 31.7 Å². The molecule has 0 aliphatic heterocycles. The highest BCUT2D eigenvalue weighted by atomic mass is 79.9. The molecule has 0 bridgehead atoms. The van der Waals surface area contributed by atoms with Crippen LogP contribution < -0.4 is 0 Å². The molecule has 0 radical (unpaired) electrons. The summed E-state index contributed by atoms with van der Waals surface area (Å²) in [6.07, 6.45) is 5.75. The SMILES string of the molecule is CCCCCSc1nccc(C)c1Br. The van der Waals surface area contributed by atoms with Gasteiger partial charge in [0, 0.05) is 6.20 Å². The molecule has 3 heteroatoms. The number of aromatic nitrogens is 1. The fourth-order valence-electron chi connectivity index (χ4n) is 1.14. The highest BCUT2D eigenvalue weighted by Crippen LogP contribution is 2.28. The minimum absolute atomic E-state index is 1.13. The number of aryl methyl sites for hydroxylation is 1. The Labute approximate surface area is 98.8 Å². The smallest absolute Gasteiger partial charge is 0.110 e. The molecule has 1 heterocycles. The Morgan fingerprint density at radius 2 is 2.21 bits per heavy atom. The van der Waals surface area contributed by atoms with Crippen LogP contribution in [0, 0.1) is 6.92 Å². The first-order valence-electron chi connectivity index (χ1n) is 4.99. The molecule has 0 unspecified atom stereocenters. The molecule has 0 spiro atoms. The molecule has 0 saturated carbocycles. The van der Waals surface area contributed by atoms with E-state index in [0.29, 0.717) is 0 Å². The first-order chi connectivity index (χ1) is 6.75. The summed E-state index contributed by atoms with van der Waals surface area (Å²) in [5.41, 5.74) is 1.26. The van der Waals surface area contributed by atoms with Gasteiger partial charge in [0.15, 0.2) is 0 Å². The summed E-state index contributed by atoms with van der Waals surface area (Å²) >= 11 is 5.41. The summed E-state index contributed by atoms with van der Waals surface area (Å²) in [6, 6.07) is 2.03. The van der Waals surface area contributed by atoms with E-state index in [9.17, 15) is 0 Å². The average molecular weight is 274 g/mol. The van der Waals surface area contributed by atoms with E-state index < -0.39 is 0 Å². The van der Waals surface area contributed by atoms with Crippen molar-refractivity contribution in [1.82, 2.24) is 4.98 Å². The van der Waals surface area contributed by atoms with Crippen molar-refractivity contribution in [2.75, 3.05) is 5.75 Å². The summed E-state index contributed by atoms with van der Waals surface area (Å²) < 4.78 is 1.15.